The largest absolute Gasteiger partial charge is 0.466 e. The Balaban J connectivity index is 2.36. The van der Waals surface area contributed by atoms with E-state index in [0.717, 1.165) is 12.8 Å². The molecular formula is C13H20O3S. The zero-order chi connectivity index (χ0) is 12.7. The number of esters is 1. The SMILES string of the molecule is CCOC(=O)CCCc1cc(C)c(COC)s1. The predicted molar refractivity (Wildman–Crippen MR) is 69.3 cm³/mol. The number of hydrogen-bond donors (Lipinski definition) is 0. The van der Waals surface area contributed by atoms with E-state index in [1.165, 1.54) is 15.3 Å². The van der Waals surface area contributed by atoms with E-state index in [-0.39, 0.29) is 5.97 Å². The third kappa shape index (κ3) is 4.88. The molecule has 0 bridgehead atoms. The third-order valence-electron chi connectivity index (χ3n) is 2.46. The van der Waals surface area contributed by atoms with Gasteiger partial charge in [0, 0.05) is 23.3 Å². The monoisotopic (exact) mass is 256 g/mol. The molecule has 0 spiro atoms. The van der Waals surface area contributed by atoms with Gasteiger partial charge in [-0.3, -0.25) is 4.79 Å². The molecule has 1 heterocycles. The molecule has 4 heteroatoms. The maximum atomic E-state index is 11.2. The molecule has 0 aliphatic rings. The maximum Gasteiger partial charge on any atom is 0.305 e. The molecule has 1 rings (SSSR count). The van der Waals surface area contributed by atoms with Gasteiger partial charge in [0.1, 0.15) is 0 Å². The minimum atomic E-state index is -0.0992. The zero-order valence-electron chi connectivity index (χ0n) is 10.7. The fourth-order valence-electron chi connectivity index (χ4n) is 1.63. The van der Waals surface area contributed by atoms with Crippen LogP contribution in [0.1, 0.15) is 35.1 Å². The molecular weight excluding hydrogens is 236 g/mol. The Hall–Kier alpha value is -0.870. The lowest BCUT2D eigenvalue weighted by Crippen LogP contribution is -2.03. The number of ether oxygens (including phenoxy) is 2. The van der Waals surface area contributed by atoms with Gasteiger partial charge in [0.05, 0.1) is 13.2 Å². The Bertz CT molecular complexity index is 358. The van der Waals surface area contributed by atoms with Crippen molar-refractivity contribution in [2.24, 2.45) is 0 Å². The second kappa shape index (κ2) is 7.45. The summed E-state index contributed by atoms with van der Waals surface area (Å²) in [5, 5.41) is 0. The van der Waals surface area contributed by atoms with E-state index in [4.69, 9.17) is 9.47 Å². The van der Waals surface area contributed by atoms with Crippen LogP contribution in [0.5, 0.6) is 0 Å². The Morgan fingerprint density at radius 3 is 2.88 bits per heavy atom. The molecule has 0 N–H and O–H groups in total. The quantitative estimate of drug-likeness (QED) is 0.703. The van der Waals surface area contributed by atoms with Crippen molar-refractivity contribution in [3.8, 4) is 0 Å². The average molecular weight is 256 g/mol. The highest BCUT2D eigenvalue weighted by Crippen LogP contribution is 2.24. The first kappa shape index (κ1) is 14.2. The minimum Gasteiger partial charge on any atom is -0.466 e. The van der Waals surface area contributed by atoms with Gasteiger partial charge in [0.2, 0.25) is 0 Å². The van der Waals surface area contributed by atoms with Gasteiger partial charge in [-0.15, -0.1) is 11.3 Å². The van der Waals surface area contributed by atoms with Crippen molar-refractivity contribution in [3.63, 3.8) is 0 Å². The molecule has 0 unspecified atom stereocenters. The van der Waals surface area contributed by atoms with Crippen molar-refractivity contribution in [1.82, 2.24) is 0 Å². The average Bonchev–Trinajstić information content (AvgIpc) is 2.61. The first-order valence-corrected chi connectivity index (χ1v) is 6.71. The van der Waals surface area contributed by atoms with Gasteiger partial charge < -0.3 is 9.47 Å². The maximum absolute atomic E-state index is 11.2. The summed E-state index contributed by atoms with van der Waals surface area (Å²) in [7, 11) is 1.71. The van der Waals surface area contributed by atoms with E-state index in [9.17, 15) is 4.79 Å². The fraction of sp³-hybridized carbons (Fsp3) is 0.615. The molecule has 0 amide bonds. The highest BCUT2D eigenvalue weighted by atomic mass is 32.1. The van der Waals surface area contributed by atoms with Gasteiger partial charge in [-0.2, -0.15) is 0 Å². The van der Waals surface area contributed by atoms with E-state index < -0.39 is 0 Å². The van der Waals surface area contributed by atoms with Crippen LogP contribution in [0.4, 0.5) is 0 Å². The summed E-state index contributed by atoms with van der Waals surface area (Å²) in [6, 6.07) is 2.18. The molecule has 0 aromatic carbocycles. The second-order valence-electron chi connectivity index (χ2n) is 3.91. The number of thiophene rings is 1. The van der Waals surface area contributed by atoms with Crippen LogP contribution >= 0.6 is 11.3 Å². The van der Waals surface area contributed by atoms with Gasteiger partial charge in [0.25, 0.3) is 0 Å². The number of aryl methyl sites for hydroxylation is 2. The molecule has 1 aromatic heterocycles. The van der Waals surface area contributed by atoms with Gasteiger partial charge in [0.15, 0.2) is 0 Å². The lowest BCUT2D eigenvalue weighted by molar-refractivity contribution is -0.143. The normalized spacial score (nSPS) is 10.5. The van der Waals surface area contributed by atoms with Gasteiger partial charge >= 0.3 is 5.97 Å². The second-order valence-corrected chi connectivity index (χ2v) is 5.13. The first-order valence-electron chi connectivity index (χ1n) is 5.90. The van der Waals surface area contributed by atoms with E-state index >= 15 is 0 Å². The Morgan fingerprint density at radius 1 is 1.47 bits per heavy atom. The van der Waals surface area contributed by atoms with Gasteiger partial charge in [-0.1, -0.05) is 0 Å². The Kier molecular flexibility index (Phi) is 6.22. The van der Waals surface area contributed by atoms with Crippen LogP contribution in [-0.2, 0) is 27.3 Å². The Labute approximate surface area is 107 Å². The van der Waals surface area contributed by atoms with Crippen molar-refractivity contribution in [3.05, 3.63) is 21.4 Å². The minimum absolute atomic E-state index is 0.0992. The van der Waals surface area contributed by atoms with E-state index in [1.54, 1.807) is 18.4 Å². The smallest absolute Gasteiger partial charge is 0.305 e. The molecule has 0 atom stereocenters. The van der Waals surface area contributed by atoms with Crippen LogP contribution in [0, 0.1) is 6.92 Å². The lowest BCUT2D eigenvalue weighted by atomic mass is 10.2. The summed E-state index contributed by atoms with van der Waals surface area (Å²) < 4.78 is 10.0. The first-order chi connectivity index (χ1) is 8.17. The van der Waals surface area contributed by atoms with E-state index in [2.05, 4.69) is 13.0 Å². The molecule has 17 heavy (non-hydrogen) atoms. The summed E-state index contributed by atoms with van der Waals surface area (Å²) in [6.07, 6.45) is 2.30. The zero-order valence-corrected chi connectivity index (χ0v) is 11.6. The summed E-state index contributed by atoms with van der Waals surface area (Å²) in [5.74, 6) is -0.0992. The molecule has 3 nitrogen and oxygen atoms in total. The van der Waals surface area contributed by atoms with E-state index in [1.807, 2.05) is 6.92 Å². The number of methoxy groups -OCH3 is 1. The van der Waals surface area contributed by atoms with Crippen LogP contribution in [0.2, 0.25) is 0 Å². The van der Waals surface area contributed by atoms with Crippen LogP contribution in [-0.4, -0.2) is 19.7 Å². The molecule has 96 valence electrons. The summed E-state index contributed by atoms with van der Waals surface area (Å²) in [6.45, 7) is 5.07. The van der Waals surface area contributed by atoms with Crippen LogP contribution in [0.15, 0.2) is 6.07 Å². The predicted octanol–water partition coefficient (Wildman–Crippen LogP) is 3.09. The van der Waals surface area contributed by atoms with Crippen molar-refractivity contribution in [2.75, 3.05) is 13.7 Å². The third-order valence-corrected chi connectivity index (χ3v) is 3.73. The molecule has 0 saturated heterocycles. The molecule has 0 saturated carbocycles. The molecule has 0 aliphatic carbocycles. The van der Waals surface area contributed by atoms with Gasteiger partial charge in [-0.25, -0.2) is 0 Å². The highest BCUT2D eigenvalue weighted by Gasteiger charge is 2.07. The number of carbonyl (C=O) groups is 1. The summed E-state index contributed by atoms with van der Waals surface area (Å²) in [4.78, 5) is 13.8. The topological polar surface area (TPSA) is 35.5 Å². The fourth-order valence-corrected chi connectivity index (χ4v) is 2.82. The Morgan fingerprint density at radius 2 is 2.24 bits per heavy atom. The number of rotatable bonds is 7. The van der Waals surface area contributed by atoms with Crippen molar-refractivity contribution >= 4 is 17.3 Å². The lowest BCUT2D eigenvalue weighted by Gasteiger charge is -2.00. The summed E-state index contributed by atoms with van der Waals surface area (Å²) >= 11 is 1.77. The van der Waals surface area contributed by atoms with Crippen LogP contribution in [0.3, 0.4) is 0 Å². The molecule has 0 aliphatic heterocycles. The number of hydrogen-bond acceptors (Lipinski definition) is 4. The van der Waals surface area contributed by atoms with Crippen molar-refractivity contribution in [2.45, 2.75) is 39.7 Å². The highest BCUT2D eigenvalue weighted by molar-refractivity contribution is 7.12. The van der Waals surface area contributed by atoms with Crippen LogP contribution in [0.25, 0.3) is 0 Å². The van der Waals surface area contributed by atoms with Crippen molar-refractivity contribution in [1.29, 1.82) is 0 Å². The molecule has 0 radical (unpaired) electrons. The van der Waals surface area contributed by atoms with Gasteiger partial charge in [-0.05, 0) is 38.3 Å². The van der Waals surface area contributed by atoms with Crippen molar-refractivity contribution < 1.29 is 14.3 Å². The standard InChI is InChI=1S/C13H20O3S/c1-4-16-13(14)7-5-6-11-8-10(2)12(17-11)9-15-3/h8H,4-7,9H2,1-3H3. The molecule has 0 fully saturated rings. The molecule has 1 aromatic rings. The summed E-state index contributed by atoms with van der Waals surface area (Å²) in [5.41, 5.74) is 1.28. The van der Waals surface area contributed by atoms with E-state index in [0.29, 0.717) is 19.6 Å². The van der Waals surface area contributed by atoms with Crippen LogP contribution < -0.4 is 0 Å². The number of carbonyl (C=O) groups excluding carboxylic acids is 1.